The highest BCUT2D eigenvalue weighted by Crippen LogP contribution is 2.48. The molecule has 2 aliphatic heterocycles. The standard InChI is InChI=1S/C9H14FNO4S/c1-2-15-7(12)9(10)4-11-3-8(9)5-16(13,14)6-8/h11H,2-6H2,1H3. The van der Waals surface area contributed by atoms with Crippen molar-refractivity contribution in [1.29, 1.82) is 0 Å². The molecular weight excluding hydrogens is 237 g/mol. The van der Waals surface area contributed by atoms with Crippen LogP contribution in [0.3, 0.4) is 0 Å². The highest BCUT2D eigenvalue weighted by molar-refractivity contribution is 7.92. The number of hydrogen-bond acceptors (Lipinski definition) is 5. The minimum absolute atomic E-state index is 0.0906. The third-order valence-corrected chi connectivity index (χ3v) is 5.25. The van der Waals surface area contributed by atoms with Gasteiger partial charge in [-0.3, -0.25) is 0 Å². The van der Waals surface area contributed by atoms with Gasteiger partial charge >= 0.3 is 5.97 Å². The predicted molar refractivity (Wildman–Crippen MR) is 54.4 cm³/mol. The molecule has 5 nitrogen and oxygen atoms in total. The maximum absolute atomic E-state index is 14.5. The molecule has 0 aromatic rings. The van der Waals surface area contributed by atoms with E-state index in [1.54, 1.807) is 6.92 Å². The van der Waals surface area contributed by atoms with Gasteiger partial charge < -0.3 is 10.1 Å². The highest BCUT2D eigenvalue weighted by Gasteiger charge is 2.69. The van der Waals surface area contributed by atoms with Gasteiger partial charge in [-0.25, -0.2) is 17.6 Å². The van der Waals surface area contributed by atoms with Crippen LogP contribution in [0.15, 0.2) is 0 Å². The number of hydrogen-bond donors (Lipinski definition) is 1. The molecule has 2 heterocycles. The van der Waals surface area contributed by atoms with Crippen molar-refractivity contribution >= 4 is 15.8 Å². The second-order valence-electron chi connectivity index (χ2n) is 4.44. The van der Waals surface area contributed by atoms with E-state index in [9.17, 15) is 17.6 Å². The third kappa shape index (κ3) is 1.45. The van der Waals surface area contributed by atoms with Gasteiger partial charge in [-0.15, -0.1) is 0 Å². The van der Waals surface area contributed by atoms with Crippen LogP contribution in [0.1, 0.15) is 6.92 Å². The number of ether oxygens (including phenoxy) is 1. The van der Waals surface area contributed by atoms with Crippen molar-refractivity contribution in [2.45, 2.75) is 12.6 Å². The van der Waals surface area contributed by atoms with E-state index >= 15 is 0 Å². The van der Waals surface area contributed by atoms with Crippen molar-refractivity contribution in [1.82, 2.24) is 5.32 Å². The molecule has 0 saturated carbocycles. The topological polar surface area (TPSA) is 72.5 Å². The van der Waals surface area contributed by atoms with Crippen molar-refractivity contribution in [3.05, 3.63) is 0 Å². The van der Waals surface area contributed by atoms with Crippen LogP contribution < -0.4 is 5.32 Å². The summed E-state index contributed by atoms with van der Waals surface area (Å²) in [5.74, 6) is -1.50. The first-order valence-electron chi connectivity index (χ1n) is 5.13. The SMILES string of the molecule is CCOC(=O)C1(F)CNCC12CS(=O)(=O)C2. The number of rotatable bonds is 2. The summed E-state index contributed by atoms with van der Waals surface area (Å²) in [6.45, 7) is 1.73. The first kappa shape index (κ1) is 11.8. The lowest BCUT2D eigenvalue weighted by Crippen LogP contribution is -2.63. The number of sulfone groups is 1. The lowest BCUT2D eigenvalue weighted by Gasteiger charge is -2.43. The fraction of sp³-hybridized carbons (Fsp3) is 0.889. The zero-order chi connectivity index (χ0) is 12.0. The molecule has 1 N–H and O–H groups in total. The molecule has 0 bridgehead atoms. The van der Waals surface area contributed by atoms with Crippen LogP contribution in [-0.2, 0) is 19.4 Å². The molecule has 1 atom stereocenters. The van der Waals surface area contributed by atoms with Crippen LogP contribution in [0.25, 0.3) is 0 Å². The molecule has 0 radical (unpaired) electrons. The zero-order valence-corrected chi connectivity index (χ0v) is 9.77. The van der Waals surface area contributed by atoms with Gasteiger partial charge in [0.1, 0.15) is 0 Å². The van der Waals surface area contributed by atoms with Crippen molar-refractivity contribution < 1.29 is 22.3 Å². The van der Waals surface area contributed by atoms with Crippen molar-refractivity contribution in [2.75, 3.05) is 31.2 Å². The molecule has 7 heteroatoms. The van der Waals surface area contributed by atoms with E-state index in [-0.39, 0.29) is 31.2 Å². The van der Waals surface area contributed by atoms with Gasteiger partial charge in [-0.1, -0.05) is 0 Å². The van der Waals surface area contributed by atoms with Crippen LogP contribution in [0.2, 0.25) is 0 Å². The van der Waals surface area contributed by atoms with Crippen molar-refractivity contribution in [3.8, 4) is 0 Å². The summed E-state index contributed by atoms with van der Waals surface area (Å²) < 4.78 is 41.6. The Morgan fingerprint density at radius 3 is 2.56 bits per heavy atom. The van der Waals surface area contributed by atoms with Gasteiger partial charge in [-0.2, -0.15) is 0 Å². The van der Waals surface area contributed by atoms with Gasteiger partial charge in [0.05, 0.1) is 23.5 Å². The molecule has 1 spiro atoms. The average molecular weight is 251 g/mol. The third-order valence-electron chi connectivity index (χ3n) is 3.26. The minimum atomic E-state index is -3.18. The lowest BCUT2D eigenvalue weighted by atomic mass is 9.78. The Hall–Kier alpha value is -0.690. The van der Waals surface area contributed by atoms with Crippen LogP contribution in [0, 0.1) is 5.41 Å². The van der Waals surface area contributed by atoms with Crippen LogP contribution in [0.5, 0.6) is 0 Å². The van der Waals surface area contributed by atoms with Crippen LogP contribution in [0.4, 0.5) is 4.39 Å². The fourth-order valence-electron chi connectivity index (χ4n) is 2.47. The quantitative estimate of drug-likeness (QED) is 0.655. The van der Waals surface area contributed by atoms with Gasteiger partial charge in [0, 0.05) is 13.1 Å². The Bertz CT molecular complexity index is 409. The zero-order valence-electron chi connectivity index (χ0n) is 8.95. The Kier molecular flexibility index (Phi) is 2.50. The fourth-order valence-corrected chi connectivity index (χ4v) is 4.73. The molecule has 0 aromatic heterocycles. The number of alkyl halides is 1. The van der Waals surface area contributed by atoms with E-state index < -0.39 is 26.9 Å². The summed E-state index contributed by atoms with van der Waals surface area (Å²) in [6, 6.07) is 0. The van der Waals surface area contributed by atoms with E-state index in [1.807, 2.05) is 0 Å². The van der Waals surface area contributed by atoms with E-state index in [0.29, 0.717) is 0 Å². The van der Waals surface area contributed by atoms with Crippen LogP contribution in [-0.4, -0.2) is 51.3 Å². The largest absolute Gasteiger partial charge is 0.464 e. The highest BCUT2D eigenvalue weighted by atomic mass is 32.2. The summed E-state index contributed by atoms with van der Waals surface area (Å²) in [7, 11) is -3.18. The summed E-state index contributed by atoms with van der Waals surface area (Å²) in [4.78, 5) is 11.6. The molecule has 0 aromatic carbocycles. The number of carbonyl (C=O) groups is 1. The first-order chi connectivity index (χ1) is 7.35. The molecule has 2 rings (SSSR count). The smallest absolute Gasteiger partial charge is 0.345 e. The number of carbonyl (C=O) groups excluding carboxylic acids is 1. The second-order valence-corrected chi connectivity index (χ2v) is 6.50. The summed E-state index contributed by atoms with van der Waals surface area (Å²) >= 11 is 0. The first-order valence-corrected chi connectivity index (χ1v) is 6.95. The van der Waals surface area contributed by atoms with Crippen molar-refractivity contribution in [3.63, 3.8) is 0 Å². The summed E-state index contributed by atoms with van der Waals surface area (Å²) in [6.07, 6.45) is 0. The lowest BCUT2D eigenvalue weighted by molar-refractivity contribution is -0.162. The molecule has 0 amide bonds. The maximum atomic E-state index is 14.5. The maximum Gasteiger partial charge on any atom is 0.345 e. The predicted octanol–water partition coefficient (Wildman–Crippen LogP) is -0.724. The Morgan fingerprint density at radius 1 is 1.44 bits per heavy atom. The monoisotopic (exact) mass is 251 g/mol. The molecule has 16 heavy (non-hydrogen) atoms. The van der Waals surface area contributed by atoms with E-state index in [4.69, 9.17) is 0 Å². The van der Waals surface area contributed by atoms with Gasteiger partial charge in [-0.05, 0) is 6.92 Å². The molecule has 2 fully saturated rings. The number of esters is 1. The summed E-state index contributed by atoms with van der Waals surface area (Å²) in [5.41, 5.74) is -3.31. The van der Waals surface area contributed by atoms with Gasteiger partial charge in [0.25, 0.3) is 0 Å². The van der Waals surface area contributed by atoms with Gasteiger partial charge in [0.2, 0.25) is 5.67 Å². The Balaban J connectivity index is 2.24. The number of nitrogens with one attached hydrogen (secondary N) is 1. The molecule has 0 aliphatic carbocycles. The Labute approximate surface area is 93.3 Å². The van der Waals surface area contributed by atoms with E-state index in [0.717, 1.165) is 0 Å². The average Bonchev–Trinajstić information content (AvgIpc) is 2.44. The minimum Gasteiger partial charge on any atom is -0.464 e. The molecule has 2 aliphatic rings. The molecule has 1 unspecified atom stereocenters. The second kappa shape index (κ2) is 3.40. The van der Waals surface area contributed by atoms with Gasteiger partial charge in [0.15, 0.2) is 9.84 Å². The van der Waals surface area contributed by atoms with Crippen molar-refractivity contribution in [2.24, 2.45) is 5.41 Å². The Morgan fingerprint density at radius 2 is 2.06 bits per heavy atom. The van der Waals surface area contributed by atoms with Crippen LogP contribution >= 0.6 is 0 Å². The molecular formula is C9H14FNO4S. The van der Waals surface area contributed by atoms with E-state index in [1.165, 1.54) is 0 Å². The normalized spacial score (nSPS) is 34.6. The number of halogens is 1. The molecule has 2 saturated heterocycles. The van der Waals surface area contributed by atoms with E-state index in [2.05, 4.69) is 10.1 Å². The molecule has 92 valence electrons. The summed E-state index contributed by atoms with van der Waals surface area (Å²) in [5, 5.41) is 2.74.